The second-order valence-electron chi connectivity index (χ2n) is 9.47. The lowest BCUT2D eigenvalue weighted by Crippen LogP contribution is -2.67. The summed E-state index contributed by atoms with van der Waals surface area (Å²) in [5.41, 5.74) is 2.47. The van der Waals surface area contributed by atoms with Crippen LogP contribution in [0.25, 0.3) is 10.8 Å². The van der Waals surface area contributed by atoms with Crippen LogP contribution < -0.4 is 5.32 Å². The number of hydrogen-bond donors (Lipinski definition) is 1. The highest BCUT2D eigenvalue weighted by Gasteiger charge is 2.49. The third-order valence-electron chi connectivity index (χ3n) is 7.31. The summed E-state index contributed by atoms with van der Waals surface area (Å²) in [6.45, 7) is 2.93. The van der Waals surface area contributed by atoms with E-state index in [4.69, 9.17) is 0 Å². The van der Waals surface area contributed by atoms with E-state index in [1.807, 2.05) is 67.6 Å². The van der Waals surface area contributed by atoms with Crippen molar-refractivity contribution in [2.75, 3.05) is 6.54 Å². The number of benzene rings is 4. The summed E-state index contributed by atoms with van der Waals surface area (Å²) in [5.74, 6) is -0.133. The summed E-state index contributed by atoms with van der Waals surface area (Å²) >= 11 is 0. The number of rotatable bonds is 7. The predicted molar refractivity (Wildman–Crippen MR) is 140 cm³/mol. The van der Waals surface area contributed by atoms with Crippen LogP contribution in [0.3, 0.4) is 0 Å². The zero-order valence-electron chi connectivity index (χ0n) is 20.0. The molecule has 4 heteroatoms. The maximum absolute atomic E-state index is 13.5. The highest BCUT2D eigenvalue weighted by molar-refractivity contribution is 5.93. The molecule has 1 atom stereocenters. The van der Waals surface area contributed by atoms with Gasteiger partial charge in [0, 0.05) is 25.4 Å². The average molecular weight is 463 g/mol. The Morgan fingerprint density at radius 3 is 2.06 bits per heavy atom. The van der Waals surface area contributed by atoms with Gasteiger partial charge in [0.25, 0.3) is 0 Å². The number of likely N-dealkylation sites (tertiary alicyclic amines) is 1. The molecule has 1 fully saturated rings. The number of nitrogens with one attached hydrogen (secondary N) is 1. The van der Waals surface area contributed by atoms with E-state index in [2.05, 4.69) is 47.8 Å². The van der Waals surface area contributed by atoms with E-state index >= 15 is 0 Å². The maximum atomic E-state index is 13.5. The van der Waals surface area contributed by atoms with Gasteiger partial charge in [0.15, 0.2) is 0 Å². The molecule has 0 saturated carbocycles. The van der Waals surface area contributed by atoms with Crippen molar-refractivity contribution in [2.24, 2.45) is 0 Å². The zero-order valence-corrected chi connectivity index (χ0v) is 20.0. The summed E-state index contributed by atoms with van der Waals surface area (Å²) in [4.78, 5) is 28.5. The minimum atomic E-state index is -0.820. The smallest absolute Gasteiger partial charge is 0.246 e. The summed E-state index contributed by atoms with van der Waals surface area (Å²) in [6.07, 6.45) is 1.00. The molecule has 1 N–H and O–H groups in total. The van der Waals surface area contributed by atoms with Gasteiger partial charge < -0.3 is 10.2 Å². The number of hydrogen-bond acceptors (Lipinski definition) is 2. The molecule has 0 aromatic heterocycles. The topological polar surface area (TPSA) is 49.4 Å². The van der Waals surface area contributed by atoms with Gasteiger partial charge in [-0.25, -0.2) is 0 Å². The van der Waals surface area contributed by atoms with Gasteiger partial charge in [0.05, 0.1) is 0 Å². The van der Waals surface area contributed by atoms with E-state index in [0.717, 1.165) is 27.5 Å². The monoisotopic (exact) mass is 462 g/mol. The highest BCUT2D eigenvalue weighted by atomic mass is 16.2. The number of carbonyl (C=O) groups excluding carboxylic acids is 2. The van der Waals surface area contributed by atoms with Gasteiger partial charge >= 0.3 is 0 Å². The molecule has 1 heterocycles. The third-order valence-corrected chi connectivity index (χ3v) is 7.31. The van der Waals surface area contributed by atoms with Gasteiger partial charge in [0.1, 0.15) is 5.54 Å². The molecular formula is C31H30N2O2. The number of nitrogens with zero attached hydrogens (tertiary/aromatic N) is 1. The quantitative estimate of drug-likeness (QED) is 0.385. The number of fused-ring (bicyclic) bond motifs is 1. The molecule has 0 spiro atoms. The number of carbonyl (C=O) groups is 2. The molecule has 5 rings (SSSR count). The van der Waals surface area contributed by atoms with Crippen LogP contribution in [0, 0.1) is 0 Å². The number of amides is 2. The van der Waals surface area contributed by atoms with Crippen LogP contribution in [0.5, 0.6) is 0 Å². The molecule has 0 bridgehead atoms. The fraction of sp³-hybridized carbons (Fsp3) is 0.226. The summed E-state index contributed by atoms with van der Waals surface area (Å²) in [6, 6.07) is 34.6. The molecule has 4 nitrogen and oxygen atoms in total. The summed E-state index contributed by atoms with van der Waals surface area (Å²) in [5, 5.41) is 5.39. The van der Waals surface area contributed by atoms with Crippen molar-refractivity contribution in [3.8, 4) is 0 Å². The molecule has 1 saturated heterocycles. The molecule has 0 aliphatic carbocycles. The standard InChI is InChI=1S/C31H30N2O2/c1-31(30(35)32-22-26-17-10-16-23-15-8-9-18-27(23)26)19-20-33(31)29(34)21-28(24-11-4-2-5-12-24)25-13-6-3-7-14-25/h2-18,28H,19-22H2,1H3,(H,32,35). The third kappa shape index (κ3) is 4.57. The fourth-order valence-electron chi connectivity index (χ4n) is 5.09. The van der Waals surface area contributed by atoms with Crippen molar-refractivity contribution in [1.29, 1.82) is 0 Å². The Morgan fingerprint density at radius 2 is 1.43 bits per heavy atom. The van der Waals surface area contributed by atoms with E-state index in [0.29, 0.717) is 25.9 Å². The van der Waals surface area contributed by atoms with Crippen LogP contribution in [0.15, 0.2) is 103 Å². The Labute approximate surface area is 206 Å². The fourth-order valence-corrected chi connectivity index (χ4v) is 5.09. The molecule has 0 radical (unpaired) electrons. The Morgan fingerprint density at radius 1 is 0.829 bits per heavy atom. The van der Waals surface area contributed by atoms with Crippen molar-refractivity contribution in [1.82, 2.24) is 10.2 Å². The molecule has 1 unspecified atom stereocenters. The average Bonchev–Trinajstić information content (AvgIpc) is 2.90. The molecular weight excluding hydrogens is 432 g/mol. The maximum Gasteiger partial charge on any atom is 0.246 e. The van der Waals surface area contributed by atoms with Crippen LogP contribution in [-0.2, 0) is 16.1 Å². The molecule has 4 aromatic carbocycles. The molecule has 35 heavy (non-hydrogen) atoms. The Balaban J connectivity index is 1.30. The van der Waals surface area contributed by atoms with Crippen LogP contribution >= 0.6 is 0 Å². The lowest BCUT2D eigenvalue weighted by Gasteiger charge is -2.49. The van der Waals surface area contributed by atoms with E-state index < -0.39 is 5.54 Å². The normalized spacial score (nSPS) is 17.3. The minimum Gasteiger partial charge on any atom is -0.350 e. The first-order chi connectivity index (χ1) is 17.1. The van der Waals surface area contributed by atoms with Crippen molar-refractivity contribution in [3.05, 3.63) is 120 Å². The predicted octanol–water partition coefficient (Wildman–Crippen LogP) is 5.67. The SMILES string of the molecule is CC1(C(=O)NCc2cccc3ccccc23)CCN1C(=O)CC(c1ccccc1)c1ccccc1. The Kier molecular flexibility index (Phi) is 6.37. The molecule has 2 amide bonds. The molecule has 4 aromatic rings. The van der Waals surface area contributed by atoms with E-state index in [9.17, 15) is 9.59 Å². The van der Waals surface area contributed by atoms with Gasteiger partial charge in [-0.3, -0.25) is 9.59 Å². The van der Waals surface area contributed by atoms with Crippen LogP contribution in [0.1, 0.15) is 42.4 Å². The van der Waals surface area contributed by atoms with E-state index in [1.165, 1.54) is 0 Å². The highest BCUT2D eigenvalue weighted by Crippen LogP contribution is 2.35. The summed E-state index contributed by atoms with van der Waals surface area (Å²) < 4.78 is 0. The largest absolute Gasteiger partial charge is 0.350 e. The second kappa shape index (κ2) is 9.75. The van der Waals surface area contributed by atoms with Gasteiger partial charge in [0.2, 0.25) is 11.8 Å². The van der Waals surface area contributed by atoms with E-state index in [-0.39, 0.29) is 17.7 Å². The first kappa shape index (κ1) is 22.9. The van der Waals surface area contributed by atoms with Crippen molar-refractivity contribution in [2.45, 2.75) is 37.8 Å². The minimum absolute atomic E-state index is 0.0109. The van der Waals surface area contributed by atoms with Crippen LogP contribution in [0.2, 0.25) is 0 Å². The van der Waals surface area contributed by atoms with Crippen LogP contribution in [0.4, 0.5) is 0 Å². The molecule has 176 valence electrons. The van der Waals surface area contributed by atoms with Gasteiger partial charge in [-0.15, -0.1) is 0 Å². The second-order valence-corrected chi connectivity index (χ2v) is 9.47. The van der Waals surface area contributed by atoms with E-state index in [1.54, 1.807) is 4.90 Å². The van der Waals surface area contributed by atoms with Crippen LogP contribution in [-0.4, -0.2) is 28.8 Å². The molecule has 1 aliphatic rings. The Bertz CT molecular complexity index is 1290. The van der Waals surface area contributed by atoms with Gasteiger partial charge in [-0.1, -0.05) is 103 Å². The van der Waals surface area contributed by atoms with Crippen molar-refractivity contribution in [3.63, 3.8) is 0 Å². The first-order valence-electron chi connectivity index (χ1n) is 12.2. The van der Waals surface area contributed by atoms with Crippen molar-refractivity contribution < 1.29 is 9.59 Å². The van der Waals surface area contributed by atoms with Crippen molar-refractivity contribution >= 4 is 22.6 Å². The zero-order chi connectivity index (χ0) is 24.3. The van der Waals surface area contributed by atoms with Gasteiger partial charge in [-0.2, -0.15) is 0 Å². The van der Waals surface area contributed by atoms with Gasteiger partial charge in [-0.05, 0) is 40.8 Å². The molecule has 1 aliphatic heterocycles. The lowest BCUT2D eigenvalue weighted by molar-refractivity contribution is -0.157. The Hall–Kier alpha value is -3.92. The first-order valence-corrected chi connectivity index (χ1v) is 12.2. The summed E-state index contributed by atoms with van der Waals surface area (Å²) in [7, 11) is 0. The lowest BCUT2D eigenvalue weighted by atomic mass is 9.82.